The summed E-state index contributed by atoms with van der Waals surface area (Å²) in [6.45, 7) is 2.32. The molecule has 0 amide bonds. The van der Waals surface area contributed by atoms with Gasteiger partial charge in [0.25, 0.3) is 0 Å². The molecule has 0 bridgehead atoms. The van der Waals surface area contributed by atoms with Gasteiger partial charge in [0.15, 0.2) is 0 Å². The molecule has 1 fully saturated rings. The van der Waals surface area contributed by atoms with Gasteiger partial charge in [0.05, 0.1) is 0 Å². The average molecular weight is 160 g/mol. The van der Waals surface area contributed by atoms with Gasteiger partial charge in [-0.3, -0.25) is 0 Å². The lowest BCUT2D eigenvalue weighted by atomic mass is 9.90. The Bertz CT molecular complexity index is 105. The fourth-order valence-electron chi connectivity index (χ4n) is 1.40. The zero-order chi connectivity index (χ0) is 6.74. The Balaban J connectivity index is 2.46. The smallest absolute Gasteiger partial charge is 0.0198 e. The van der Waals surface area contributed by atoms with Crippen LogP contribution < -0.4 is 0 Å². The molecule has 9 heavy (non-hydrogen) atoms. The predicted molar refractivity (Wildman–Crippen MR) is 45.8 cm³/mol. The topological polar surface area (TPSA) is 0 Å². The van der Waals surface area contributed by atoms with Gasteiger partial charge in [-0.1, -0.05) is 38.0 Å². The molecule has 1 saturated carbocycles. The van der Waals surface area contributed by atoms with E-state index in [1.54, 1.807) is 0 Å². The van der Waals surface area contributed by atoms with Crippen LogP contribution in [0.5, 0.6) is 0 Å². The molecule has 0 aromatic rings. The molecule has 52 valence electrons. The molecular formula is C7H13PS. The summed E-state index contributed by atoms with van der Waals surface area (Å²) in [6, 6.07) is 0. The van der Waals surface area contributed by atoms with Crippen molar-refractivity contribution in [3.63, 3.8) is 0 Å². The van der Waals surface area contributed by atoms with E-state index in [1.807, 2.05) is 0 Å². The minimum atomic E-state index is 0.508. The SMILES string of the molecule is CC1(P=S)CCCCC1. The van der Waals surface area contributed by atoms with Crippen molar-refractivity contribution in [2.75, 3.05) is 0 Å². The van der Waals surface area contributed by atoms with E-state index in [0.717, 1.165) is 0 Å². The van der Waals surface area contributed by atoms with Crippen molar-refractivity contribution >= 4 is 19.2 Å². The van der Waals surface area contributed by atoms with Gasteiger partial charge in [0, 0.05) is 5.16 Å². The molecule has 0 heterocycles. The second kappa shape index (κ2) is 3.07. The van der Waals surface area contributed by atoms with Crippen molar-refractivity contribution < 1.29 is 0 Å². The highest BCUT2D eigenvalue weighted by molar-refractivity contribution is 7.97. The monoisotopic (exact) mass is 160 g/mol. The molecule has 1 aliphatic rings. The van der Waals surface area contributed by atoms with Crippen molar-refractivity contribution in [3.8, 4) is 0 Å². The molecule has 0 saturated heterocycles. The summed E-state index contributed by atoms with van der Waals surface area (Å²) in [5.41, 5.74) is 0. The van der Waals surface area contributed by atoms with Crippen LogP contribution in [0.4, 0.5) is 0 Å². The predicted octanol–water partition coefficient (Wildman–Crippen LogP) is 3.12. The first-order valence-electron chi connectivity index (χ1n) is 3.61. The molecule has 0 spiro atoms. The van der Waals surface area contributed by atoms with E-state index in [4.69, 9.17) is 11.8 Å². The lowest BCUT2D eigenvalue weighted by molar-refractivity contribution is 0.421. The normalized spacial score (nSPS) is 26.3. The molecule has 0 unspecified atom stereocenters. The van der Waals surface area contributed by atoms with Gasteiger partial charge in [0.1, 0.15) is 0 Å². The molecule has 0 nitrogen and oxygen atoms in total. The molecule has 0 atom stereocenters. The zero-order valence-corrected chi connectivity index (χ0v) is 7.60. The summed E-state index contributed by atoms with van der Waals surface area (Å²) in [4.78, 5) is 0. The Morgan fingerprint density at radius 3 is 2.11 bits per heavy atom. The van der Waals surface area contributed by atoms with Crippen LogP contribution in [0.3, 0.4) is 0 Å². The van der Waals surface area contributed by atoms with Gasteiger partial charge in [-0.15, -0.1) is 0 Å². The van der Waals surface area contributed by atoms with E-state index in [-0.39, 0.29) is 0 Å². The van der Waals surface area contributed by atoms with Gasteiger partial charge in [0.2, 0.25) is 0 Å². The van der Waals surface area contributed by atoms with E-state index in [0.29, 0.717) is 5.16 Å². The maximum absolute atomic E-state index is 5.06. The fraction of sp³-hybridized carbons (Fsp3) is 1.00. The van der Waals surface area contributed by atoms with Crippen molar-refractivity contribution in [1.29, 1.82) is 0 Å². The molecule has 0 radical (unpaired) electrons. The first-order valence-corrected chi connectivity index (χ1v) is 5.52. The summed E-state index contributed by atoms with van der Waals surface area (Å²) in [7, 11) is 1.19. The number of hydrogen-bond acceptors (Lipinski definition) is 1. The third-order valence-corrected chi connectivity index (χ3v) is 4.36. The zero-order valence-electron chi connectivity index (χ0n) is 5.89. The first kappa shape index (κ1) is 7.63. The molecule has 0 aromatic heterocycles. The summed E-state index contributed by atoms with van der Waals surface area (Å²) in [5.74, 6) is 0. The minimum absolute atomic E-state index is 0.508. The van der Waals surface area contributed by atoms with E-state index in [2.05, 4.69) is 6.92 Å². The highest BCUT2D eigenvalue weighted by Crippen LogP contribution is 2.38. The van der Waals surface area contributed by atoms with Crippen LogP contribution in [0.2, 0.25) is 0 Å². The lowest BCUT2D eigenvalue weighted by Gasteiger charge is -2.27. The fourth-order valence-corrected chi connectivity index (χ4v) is 2.45. The highest BCUT2D eigenvalue weighted by atomic mass is 32.4. The molecular weight excluding hydrogens is 147 g/mol. The minimum Gasteiger partial charge on any atom is -0.0572 e. The maximum Gasteiger partial charge on any atom is 0.0198 e. The van der Waals surface area contributed by atoms with Gasteiger partial charge in [-0.2, -0.15) is 0 Å². The van der Waals surface area contributed by atoms with E-state index < -0.39 is 0 Å². The molecule has 1 aliphatic carbocycles. The van der Waals surface area contributed by atoms with E-state index in [9.17, 15) is 0 Å². The van der Waals surface area contributed by atoms with Crippen LogP contribution in [0, 0.1) is 0 Å². The van der Waals surface area contributed by atoms with Crippen LogP contribution in [-0.4, -0.2) is 5.16 Å². The summed E-state index contributed by atoms with van der Waals surface area (Å²) in [6.07, 6.45) is 6.96. The first-order chi connectivity index (χ1) is 4.27. The number of rotatable bonds is 1. The highest BCUT2D eigenvalue weighted by Gasteiger charge is 2.24. The van der Waals surface area contributed by atoms with Crippen molar-refractivity contribution in [2.24, 2.45) is 0 Å². The quantitative estimate of drug-likeness (QED) is 0.531. The lowest BCUT2D eigenvalue weighted by Crippen LogP contribution is -2.19. The van der Waals surface area contributed by atoms with Gasteiger partial charge >= 0.3 is 0 Å². The van der Waals surface area contributed by atoms with Crippen molar-refractivity contribution in [1.82, 2.24) is 0 Å². The number of hydrogen-bond donors (Lipinski definition) is 0. The third kappa shape index (κ3) is 1.98. The van der Waals surface area contributed by atoms with Gasteiger partial charge in [-0.05, 0) is 20.2 Å². The van der Waals surface area contributed by atoms with E-state index in [1.165, 1.54) is 39.5 Å². The molecule has 0 N–H and O–H groups in total. The molecule has 0 aromatic carbocycles. The maximum atomic E-state index is 5.06. The second-order valence-electron chi connectivity index (χ2n) is 3.15. The Morgan fingerprint density at radius 2 is 1.78 bits per heavy atom. The largest absolute Gasteiger partial charge is 0.0572 e. The standard InChI is InChI=1S/C7H13PS/c1-7(8-9)5-3-2-4-6-7/h2-6H2,1H3. The Kier molecular flexibility index (Phi) is 2.60. The summed E-state index contributed by atoms with van der Waals surface area (Å²) >= 11 is 5.06. The van der Waals surface area contributed by atoms with Crippen LogP contribution in [0.1, 0.15) is 39.0 Å². The third-order valence-electron chi connectivity index (χ3n) is 2.15. The summed E-state index contributed by atoms with van der Waals surface area (Å²) < 4.78 is 0. The van der Waals surface area contributed by atoms with Gasteiger partial charge in [-0.25, -0.2) is 0 Å². The van der Waals surface area contributed by atoms with Gasteiger partial charge < -0.3 is 0 Å². The molecule has 1 rings (SSSR count). The van der Waals surface area contributed by atoms with Crippen LogP contribution in [-0.2, 0) is 11.8 Å². The average Bonchev–Trinajstić information content (AvgIpc) is 1.90. The van der Waals surface area contributed by atoms with E-state index >= 15 is 0 Å². The van der Waals surface area contributed by atoms with Crippen LogP contribution in [0.15, 0.2) is 0 Å². The van der Waals surface area contributed by atoms with Crippen LogP contribution >= 0.6 is 7.36 Å². The van der Waals surface area contributed by atoms with Crippen molar-refractivity contribution in [3.05, 3.63) is 0 Å². The Morgan fingerprint density at radius 1 is 1.22 bits per heavy atom. The summed E-state index contributed by atoms with van der Waals surface area (Å²) in [5, 5.41) is 0.508. The van der Waals surface area contributed by atoms with Crippen LogP contribution in [0.25, 0.3) is 0 Å². The molecule has 2 heteroatoms. The Hall–Kier alpha value is 0.520. The second-order valence-corrected chi connectivity index (χ2v) is 4.96. The van der Waals surface area contributed by atoms with Crippen molar-refractivity contribution in [2.45, 2.75) is 44.2 Å². The Labute approximate surface area is 63.9 Å². The molecule has 0 aliphatic heterocycles.